The van der Waals surface area contributed by atoms with Crippen LogP contribution < -0.4 is 5.32 Å². The van der Waals surface area contributed by atoms with E-state index in [1.807, 2.05) is 0 Å². The summed E-state index contributed by atoms with van der Waals surface area (Å²) in [6.45, 7) is 0.752. The van der Waals surface area contributed by atoms with Gasteiger partial charge < -0.3 is 10.1 Å². The van der Waals surface area contributed by atoms with Crippen molar-refractivity contribution in [2.45, 2.75) is 51.0 Å². The fourth-order valence-electron chi connectivity index (χ4n) is 3.87. The topological polar surface area (TPSA) is 75.7 Å². The number of ether oxygens (including phenoxy) is 1. The highest BCUT2D eigenvalue weighted by molar-refractivity contribution is 7.93. The second-order valence-corrected chi connectivity index (χ2v) is 9.24. The fraction of sp³-hybridized carbons (Fsp3) is 0.600. The molecular formula is C20H28N2O4S. The van der Waals surface area contributed by atoms with Crippen LogP contribution in [0.25, 0.3) is 0 Å². The van der Waals surface area contributed by atoms with Gasteiger partial charge in [0, 0.05) is 31.1 Å². The minimum Gasteiger partial charge on any atom is -0.497 e. The first-order chi connectivity index (χ1) is 13.0. The van der Waals surface area contributed by atoms with Crippen molar-refractivity contribution < 1.29 is 17.9 Å². The third-order valence-corrected chi connectivity index (χ3v) is 7.22. The summed E-state index contributed by atoms with van der Waals surface area (Å²) in [7, 11) is -2.18. The van der Waals surface area contributed by atoms with E-state index < -0.39 is 10.0 Å². The van der Waals surface area contributed by atoms with Gasteiger partial charge >= 0.3 is 0 Å². The SMILES string of the molecule is COC1=CC(S(=O)(=O)N2CCCC(NC(=O)C3CCCCC3)C2)=C=CC=C1. The number of carbonyl (C=O) groups excluding carboxylic acids is 1. The minimum absolute atomic E-state index is 0.0801. The van der Waals surface area contributed by atoms with E-state index in [1.165, 1.54) is 23.9 Å². The van der Waals surface area contributed by atoms with Crippen molar-refractivity contribution in [1.29, 1.82) is 0 Å². The number of hydrogen-bond donors (Lipinski definition) is 1. The van der Waals surface area contributed by atoms with Crippen LogP contribution >= 0.6 is 0 Å². The molecule has 0 radical (unpaired) electrons. The van der Waals surface area contributed by atoms with Gasteiger partial charge in [0.05, 0.1) is 7.11 Å². The standard InChI is InChI=1S/C20H28N2O4S/c1-26-18-11-5-6-12-19(14-18)27(24,25)22-13-7-10-17(15-22)21-20(23)16-8-3-2-4-9-16/h5-6,11,14,16-17H,2-4,7-10,13,15H2,1H3,(H,21,23). The van der Waals surface area contributed by atoms with Crippen molar-refractivity contribution >= 4 is 15.9 Å². The quantitative estimate of drug-likeness (QED) is 0.730. The lowest BCUT2D eigenvalue weighted by Gasteiger charge is -2.33. The molecule has 1 saturated carbocycles. The zero-order valence-electron chi connectivity index (χ0n) is 15.8. The molecule has 1 unspecified atom stereocenters. The summed E-state index contributed by atoms with van der Waals surface area (Å²) in [6, 6.07) is -0.137. The molecule has 3 rings (SSSR count). The Hall–Kier alpha value is -1.82. The molecule has 0 spiro atoms. The Bertz CT molecular complexity index is 785. The molecule has 0 bridgehead atoms. The van der Waals surface area contributed by atoms with Crippen molar-refractivity contribution in [3.63, 3.8) is 0 Å². The Morgan fingerprint density at radius 3 is 2.74 bits per heavy atom. The van der Waals surface area contributed by atoms with E-state index in [9.17, 15) is 13.2 Å². The molecule has 2 fully saturated rings. The number of hydrogen-bond acceptors (Lipinski definition) is 4. The number of nitrogens with zero attached hydrogens (tertiary/aromatic N) is 1. The maximum absolute atomic E-state index is 13.1. The van der Waals surface area contributed by atoms with Crippen LogP contribution in [0.1, 0.15) is 44.9 Å². The average Bonchev–Trinajstić information content (AvgIpc) is 2.95. The van der Waals surface area contributed by atoms with Gasteiger partial charge in [0.25, 0.3) is 10.0 Å². The van der Waals surface area contributed by atoms with E-state index in [4.69, 9.17) is 4.74 Å². The Kier molecular flexibility index (Phi) is 6.58. The van der Waals surface area contributed by atoms with Crippen molar-refractivity contribution in [2.24, 2.45) is 5.92 Å². The highest BCUT2D eigenvalue weighted by Gasteiger charge is 2.33. The minimum atomic E-state index is -3.69. The van der Waals surface area contributed by atoms with Crippen LogP contribution in [-0.4, -0.2) is 44.9 Å². The summed E-state index contributed by atoms with van der Waals surface area (Å²) < 4.78 is 32.7. The van der Waals surface area contributed by atoms with Gasteiger partial charge in [-0.15, -0.1) is 0 Å². The molecule has 0 aromatic rings. The zero-order valence-corrected chi connectivity index (χ0v) is 16.6. The number of allylic oxidation sites excluding steroid dienone is 3. The van der Waals surface area contributed by atoms with E-state index in [2.05, 4.69) is 11.0 Å². The van der Waals surface area contributed by atoms with Crippen molar-refractivity contribution in [3.05, 3.63) is 40.7 Å². The molecule has 1 amide bonds. The molecular weight excluding hydrogens is 364 g/mol. The molecule has 0 aromatic carbocycles. The Balaban J connectivity index is 1.68. The molecule has 27 heavy (non-hydrogen) atoms. The molecule has 0 aromatic heterocycles. The highest BCUT2D eigenvalue weighted by atomic mass is 32.2. The smallest absolute Gasteiger partial charge is 0.250 e. The summed E-state index contributed by atoms with van der Waals surface area (Å²) in [5.41, 5.74) is 2.82. The predicted molar refractivity (Wildman–Crippen MR) is 104 cm³/mol. The van der Waals surface area contributed by atoms with E-state index >= 15 is 0 Å². The third kappa shape index (κ3) is 4.92. The van der Waals surface area contributed by atoms with Gasteiger partial charge in [-0.1, -0.05) is 31.1 Å². The largest absolute Gasteiger partial charge is 0.497 e. The first-order valence-electron chi connectivity index (χ1n) is 9.70. The highest BCUT2D eigenvalue weighted by Crippen LogP contribution is 2.25. The van der Waals surface area contributed by atoms with Crippen LogP contribution in [0.4, 0.5) is 0 Å². The Labute approximate surface area is 161 Å². The van der Waals surface area contributed by atoms with Crippen LogP contribution in [0.3, 0.4) is 0 Å². The van der Waals surface area contributed by atoms with Gasteiger partial charge in [-0.3, -0.25) is 4.79 Å². The molecule has 7 heteroatoms. The van der Waals surface area contributed by atoms with Gasteiger partial charge in [0.15, 0.2) is 0 Å². The molecule has 148 valence electrons. The molecule has 1 N–H and O–H groups in total. The second-order valence-electron chi connectivity index (χ2n) is 7.33. The average molecular weight is 393 g/mol. The molecule has 3 aliphatic rings. The van der Waals surface area contributed by atoms with Crippen LogP contribution in [0.2, 0.25) is 0 Å². The number of nitrogens with one attached hydrogen (secondary N) is 1. The van der Waals surface area contributed by atoms with E-state index in [1.54, 1.807) is 18.2 Å². The van der Waals surface area contributed by atoms with Gasteiger partial charge in [-0.25, -0.2) is 8.42 Å². The van der Waals surface area contributed by atoms with Crippen molar-refractivity contribution in [3.8, 4) is 0 Å². The monoisotopic (exact) mass is 392 g/mol. The van der Waals surface area contributed by atoms with E-state index in [0.29, 0.717) is 18.8 Å². The Morgan fingerprint density at radius 1 is 1.22 bits per heavy atom. The summed E-state index contributed by atoms with van der Waals surface area (Å²) in [5.74, 6) is 0.628. The summed E-state index contributed by atoms with van der Waals surface area (Å²) in [5, 5.41) is 3.09. The molecule has 1 aliphatic heterocycles. The van der Waals surface area contributed by atoms with Crippen LogP contribution in [0, 0.1) is 5.92 Å². The number of piperidine rings is 1. The predicted octanol–water partition coefficient (Wildman–Crippen LogP) is 2.62. The first-order valence-corrected chi connectivity index (χ1v) is 11.1. The maximum Gasteiger partial charge on any atom is 0.250 e. The molecule has 1 saturated heterocycles. The van der Waals surface area contributed by atoms with E-state index in [-0.39, 0.29) is 22.8 Å². The lowest BCUT2D eigenvalue weighted by Crippen LogP contribution is -2.51. The van der Waals surface area contributed by atoms with Gasteiger partial charge in [-0.05, 0) is 37.8 Å². The van der Waals surface area contributed by atoms with Gasteiger partial charge in [0.2, 0.25) is 5.91 Å². The second kappa shape index (κ2) is 8.91. The number of sulfonamides is 1. The molecule has 1 atom stereocenters. The molecule has 1 heterocycles. The number of amides is 1. The van der Waals surface area contributed by atoms with Gasteiger partial charge in [-0.2, -0.15) is 4.31 Å². The van der Waals surface area contributed by atoms with Crippen LogP contribution in [0.15, 0.2) is 40.7 Å². The molecule has 2 aliphatic carbocycles. The lowest BCUT2D eigenvalue weighted by molar-refractivity contribution is -0.126. The number of methoxy groups -OCH3 is 1. The van der Waals surface area contributed by atoms with Gasteiger partial charge in [0.1, 0.15) is 10.7 Å². The Morgan fingerprint density at radius 2 is 2.00 bits per heavy atom. The maximum atomic E-state index is 13.1. The van der Waals surface area contributed by atoms with Crippen LogP contribution in [0.5, 0.6) is 0 Å². The fourth-order valence-corrected chi connectivity index (χ4v) is 5.38. The first kappa shape index (κ1) is 19.9. The van der Waals surface area contributed by atoms with E-state index in [0.717, 1.165) is 38.5 Å². The number of carbonyl (C=O) groups is 1. The molecule has 6 nitrogen and oxygen atoms in total. The third-order valence-electron chi connectivity index (χ3n) is 5.42. The zero-order chi connectivity index (χ0) is 19.3. The summed E-state index contributed by atoms with van der Waals surface area (Å²) >= 11 is 0. The van der Waals surface area contributed by atoms with Crippen molar-refractivity contribution in [1.82, 2.24) is 9.62 Å². The van der Waals surface area contributed by atoms with Crippen LogP contribution in [-0.2, 0) is 19.6 Å². The summed E-state index contributed by atoms with van der Waals surface area (Å²) in [4.78, 5) is 12.6. The number of rotatable bonds is 5. The van der Waals surface area contributed by atoms with Crippen molar-refractivity contribution in [2.75, 3.05) is 20.2 Å². The normalized spacial score (nSPS) is 24.7. The lowest BCUT2D eigenvalue weighted by atomic mass is 9.88. The summed E-state index contributed by atoms with van der Waals surface area (Å²) in [6.07, 6.45) is 13.3.